The lowest BCUT2D eigenvalue weighted by atomic mass is 10.1. The van der Waals surface area contributed by atoms with Crippen molar-refractivity contribution in [2.75, 3.05) is 31.1 Å². The van der Waals surface area contributed by atoms with Crippen molar-refractivity contribution >= 4 is 16.3 Å². The monoisotopic (exact) mass is 412 g/mol. The lowest BCUT2D eigenvalue weighted by Gasteiger charge is -2.33. The third-order valence-corrected chi connectivity index (χ3v) is 5.10. The lowest BCUT2D eigenvalue weighted by molar-refractivity contribution is -0.141. The molecular weight excluding hydrogens is 398 g/mol. The molecule has 27 heavy (non-hydrogen) atoms. The van der Waals surface area contributed by atoms with Gasteiger partial charge in [-0.1, -0.05) is 11.3 Å². The number of nitrogens with zero attached hydrogens (tertiary/aromatic N) is 3. The summed E-state index contributed by atoms with van der Waals surface area (Å²) >= 11 is 0.420. The van der Waals surface area contributed by atoms with Crippen LogP contribution in [0.4, 0.5) is 31.3 Å². The molecule has 3 heterocycles. The van der Waals surface area contributed by atoms with Crippen molar-refractivity contribution in [1.82, 2.24) is 15.3 Å². The van der Waals surface area contributed by atoms with Crippen molar-refractivity contribution in [3.8, 4) is 11.3 Å². The Labute approximate surface area is 153 Å². The molecule has 0 saturated carbocycles. The van der Waals surface area contributed by atoms with Crippen LogP contribution >= 0.6 is 11.3 Å². The number of anilines is 1. The first kappa shape index (κ1) is 19.8. The Bertz CT molecular complexity index is 789. The zero-order chi connectivity index (χ0) is 19.8. The highest BCUT2D eigenvalue weighted by Gasteiger charge is 2.38. The van der Waals surface area contributed by atoms with Crippen LogP contribution in [0.5, 0.6) is 0 Å². The van der Waals surface area contributed by atoms with Gasteiger partial charge in [-0.15, -0.1) is 0 Å². The van der Waals surface area contributed by atoms with Crippen LogP contribution in [-0.2, 0) is 12.4 Å². The van der Waals surface area contributed by atoms with E-state index in [1.165, 1.54) is 0 Å². The summed E-state index contributed by atoms with van der Waals surface area (Å²) in [7, 11) is 0. The summed E-state index contributed by atoms with van der Waals surface area (Å²) < 4.78 is 77.4. The van der Waals surface area contributed by atoms with Gasteiger partial charge in [0.25, 0.3) is 0 Å². The molecule has 2 aromatic rings. The van der Waals surface area contributed by atoms with Crippen LogP contribution < -0.4 is 10.2 Å². The fourth-order valence-electron chi connectivity index (χ4n) is 2.67. The molecule has 1 saturated heterocycles. The molecule has 0 aliphatic carbocycles. The quantitative estimate of drug-likeness (QED) is 0.759. The Balaban J connectivity index is 2.02. The number of rotatable bonds is 3. The summed E-state index contributed by atoms with van der Waals surface area (Å²) in [5, 5.41) is 11.4. The van der Waals surface area contributed by atoms with Gasteiger partial charge in [0.1, 0.15) is 16.4 Å². The van der Waals surface area contributed by atoms with Crippen molar-refractivity contribution in [2.24, 2.45) is 0 Å². The van der Waals surface area contributed by atoms with Crippen molar-refractivity contribution in [3.05, 3.63) is 29.0 Å². The summed E-state index contributed by atoms with van der Waals surface area (Å²) in [6.07, 6.45) is -8.46. The molecule has 1 aliphatic heterocycles. The van der Waals surface area contributed by atoms with E-state index in [1.807, 2.05) is 0 Å². The van der Waals surface area contributed by atoms with Crippen LogP contribution in [0.3, 0.4) is 0 Å². The number of thiazole rings is 1. The van der Waals surface area contributed by atoms with Gasteiger partial charge in [-0.3, -0.25) is 4.98 Å². The number of aliphatic hydroxyl groups excluding tert-OH is 1. The van der Waals surface area contributed by atoms with Gasteiger partial charge in [-0.05, 0) is 12.1 Å². The van der Waals surface area contributed by atoms with Gasteiger partial charge in [0, 0.05) is 37.4 Å². The number of pyridine rings is 1. The summed E-state index contributed by atoms with van der Waals surface area (Å²) in [5.41, 5.74) is -1.16. The Kier molecular flexibility index (Phi) is 5.32. The fraction of sp³-hybridized carbons (Fsp3) is 0.467. The molecule has 1 aliphatic rings. The van der Waals surface area contributed by atoms with E-state index in [0.717, 1.165) is 12.3 Å². The molecule has 1 atom stereocenters. The maximum Gasteiger partial charge on any atom is 0.443 e. The minimum atomic E-state index is -4.68. The third kappa shape index (κ3) is 4.33. The Morgan fingerprint density at radius 2 is 1.93 bits per heavy atom. The Morgan fingerprint density at radius 1 is 1.19 bits per heavy atom. The number of nitrogens with one attached hydrogen (secondary N) is 1. The molecular formula is C15H14F6N4OS. The topological polar surface area (TPSA) is 61.3 Å². The second-order valence-corrected chi connectivity index (χ2v) is 6.86. The van der Waals surface area contributed by atoms with Crippen LogP contribution in [0.25, 0.3) is 11.3 Å². The summed E-state index contributed by atoms with van der Waals surface area (Å²) in [6.45, 7) is 0.863. The standard InChI is InChI=1S/C15H14F6N4OS/c16-14(17,18)10-2-1-8(5-23-10)11-12(27-13(24-11)15(19,20)21)25-4-3-22-9(6-25)7-26/h1-2,5,9,22,26H,3-4,6-7H2/t9-/m1/s1. The van der Waals surface area contributed by atoms with E-state index in [4.69, 9.17) is 0 Å². The second kappa shape index (κ2) is 7.24. The first-order valence-electron chi connectivity index (χ1n) is 7.80. The Morgan fingerprint density at radius 3 is 2.48 bits per heavy atom. The zero-order valence-corrected chi connectivity index (χ0v) is 14.4. The molecule has 0 unspecified atom stereocenters. The Hall–Kier alpha value is -1.92. The first-order chi connectivity index (χ1) is 12.6. The van der Waals surface area contributed by atoms with Crippen LogP contribution in [0.15, 0.2) is 18.3 Å². The molecule has 12 heteroatoms. The number of aliphatic hydroxyl groups is 1. The molecule has 0 bridgehead atoms. The molecule has 0 aromatic carbocycles. The fourth-order valence-corrected chi connectivity index (χ4v) is 3.66. The lowest BCUT2D eigenvalue weighted by Crippen LogP contribution is -2.52. The number of halogens is 6. The number of piperazine rings is 1. The van der Waals surface area contributed by atoms with E-state index in [9.17, 15) is 31.4 Å². The molecule has 5 nitrogen and oxygen atoms in total. The first-order valence-corrected chi connectivity index (χ1v) is 8.62. The van der Waals surface area contributed by atoms with Crippen molar-refractivity contribution in [3.63, 3.8) is 0 Å². The number of alkyl halides is 6. The minimum absolute atomic E-state index is 0.0591. The molecule has 1 fully saturated rings. The van der Waals surface area contributed by atoms with E-state index in [0.29, 0.717) is 30.5 Å². The van der Waals surface area contributed by atoms with Crippen LogP contribution in [0.2, 0.25) is 0 Å². The largest absolute Gasteiger partial charge is 0.443 e. The average molecular weight is 412 g/mol. The second-order valence-electron chi connectivity index (χ2n) is 5.88. The SMILES string of the molecule is OC[C@H]1CN(c2sc(C(F)(F)F)nc2-c2ccc(C(F)(F)F)nc2)CCN1. The van der Waals surface area contributed by atoms with Crippen molar-refractivity contribution in [1.29, 1.82) is 0 Å². The van der Waals surface area contributed by atoms with Gasteiger partial charge < -0.3 is 15.3 Å². The third-order valence-electron chi connectivity index (χ3n) is 3.94. The van der Waals surface area contributed by atoms with Gasteiger partial charge in [-0.2, -0.15) is 26.3 Å². The molecule has 3 rings (SSSR count). The normalized spacial score (nSPS) is 18.8. The van der Waals surface area contributed by atoms with Crippen LogP contribution in [-0.4, -0.2) is 47.4 Å². The predicted octanol–water partition coefficient (Wildman–Crippen LogP) is 3.01. The van der Waals surface area contributed by atoms with E-state index in [1.54, 1.807) is 4.90 Å². The smallest absolute Gasteiger partial charge is 0.395 e. The van der Waals surface area contributed by atoms with E-state index >= 15 is 0 Å². The highest BCUT2D eigenvalue weighted by atomic mass is 32.1. The number of hydrogen-bond donors (Lipinski definition) is 2. The van der Waals surface area contributed by atoms with E-state index in [2.05, 4.69) is 15.3 Å². The molecule has 2 aromatic heterocycles. The van der Waals surface area contributed by atoms with Gasteiger partial charge in [0.2, 0.25) is 5.01 Å². The highest BCUT2D eigenvalue weighted by Crippen LogP contribution is 2.43. The number of aromatic nitrogens is 2. The summed E-state index contributed by atoms with van der Waals surface area (Å²) in [5.74, 6) is 0. The van der Waals surface area contributed by atoms with Crippen LogP contribution in [0.1, 0.15) is 10.7 Å². The zero-order valence-electron chi connectivity index (χ0n) is 13.6. The minimum Gasteiger partial charge on any atom is -0.395 e. The van der Waals surface area contributed by atoms with Crippen molar-refractivity contribution in [2.45, 2.75) is 18.4 Å². The van der Waals surface area contributed by atoms with E-state index < -0.39 is 23.1 Å². The average Bonchev–Trinajstić information content (AvgIpc) is 3.07. The van der Waals surface area contributed by atoms with Crippen molar-refractivity contribution < 1.29 is 31.4 Å². The van der Waals surface area contributed by atoms with E-state index in [-0.39, 0.29) is 35.5 Å². The predicted molar refractivity (Wildman–Crippen MR) is 86.4 cm³/mol. The highest BCUT2D eigenvalue weighted by molar-refractivity contribution is 7.16. The molecule has 2 N–H and O–H groups in total. The molecule has 0 amide bonds. The molecule has 148 valence electrons. The summed E-state index contributed by atoms with van der Waals surface area (Å²) in [6, 6.07) is 1.44. The van der Waals surface area contributed by atoms with Gasteiger partial charge in [-0.25, -0.2) is 4.98 Å². The maximum absolute atomic E-state index is 13.1. The maximum atomic E-state index is 13.1. The molecule has 0 spiro atoms. The van der Waals surface area contributed by atoms with Crippen LogP contribution in [0, 0.1) is 0 Å². The van der Waals surface area contributed by atoms with Gasteiger partial charge >= 0.3 is 12.4 Å². The van der Waals surface area contributed by atoms with Gasteiger partial charge in [0.15, 0.2) is 0 Å². The number of hydrogen-bond acceptors (Lipinski definition) is 6. The summed E-state index contributed by atoms with van der Waals surface area (Å²) in [4.78, 5) is 8.56. The molecule has 0 radical (unpaired) electrons. The van der Waals surface area contributed by atoms with Gasteiger partial charge in [0.05, 0.1) is 6.61 Å².